The van der Waals surface area contributed by atoms with E-state index < -0.39 is 16.7 Å². The number of likely N-dealkylation sites (tertiary alicyclic amines) is 1. The Balaban J connectivity index is 1.87. The molecular weight excluding hydrogens is 390 g/mol. The van der Waals surface area contributed by atoms with Crippen LogP contribution in [0, 0.1) is 11.8 Å². The second kappa shape index (κ2) is 8.46. The lowest BCUT2D eigenvalue weighted by molar-refractivity contribution is -0.140. The maximum absolute atomic E-state index is 13.5. The van der Waals surface area contributed by atoms with Gasteiger partial charge in [0.25, 0.3) is 0 Å². The van der Waals surface area contributed by atoms with E-state index in [1.54, 1.807) is 23.7 Å². The Bertz CT molecular complexity index is 665. The summed E-state index contributed by atoms with van der Waals surface area (Å²) in [4.78, 5) is 41.3. The van der Waals surface area contributed by atoms with Crippen molar-refractivity contribution in [3.63, 3.8) is 0 Å². The number of nitrogens with one attached hydrogen (secondary N) is 2. The van der Waals surface area contributed by atoms with Gasteiger partial charge in [0.15, 0.2) is 0 Å². The quantitative estimate of drug-likeness (QED) is 0.509. The predicted molar refractivity (Wildman–Crippen MR) is 113 cm³/mol. The summed E-state index contributed by atoms with van der Waals surface area (Å²) in [7, 11) is 1.62. The molecule has 0 aliphatic carbocycles. The summed E-state index contributed by atoms with van der Waals surface area (Å²) >= 11 is 1.70. The number of rotatable bonds is 8. The van der Waals surface area contributed by atoms with Crippen LogP contribution in [-0.4, -0.2) is 69.5 Å². The Morgan fingerprint density at radius 1 is 1.21 bits per heavy atom. The first-order valence-corrected chi connectivity index (χ1v) is 11.7. The molecule has 3 fully saturated rings. The van der Waals surface area contributed by atoms with E-state index in [2.05, 4.69) is 10.6 Å². The number of aliphatic hydroxyl groups is 1. The van der Waals surface area contributed by atoms with Gasteiger partial charge in [-0.15, -0.1) is 11.8 Å². The average Bonchev–Trinajstić information content (AvgIpc) is 3.27. The molecular formula is C21H35N3O4S. The average molecular weight is 426 g/mol. The summed E-state index contributed by atoms with van der Waals surface area (Å²) in [5.74, 6) is -0.990. The zero-order valence-corrected chi connectivity index (χ0v) is 18.8. The number of nitrogens with zero attached hydrogens (tertiary/aromatic N) is 1. The number of fused-ring (bicyclic) bond motifs is 1. The summed E-state index contributed by atoms with van der Waals surface area (Å²) in [6, 6.07) is -0.526. The SMILES string of the molecule is CNC(=O)[C@@H]1[C@H]2C(=O)N(CCCCCCO)C(C(=O)NC(C)(C)C)C23CC[C@H]1S3. The molecule has 0 radical (unpaired) electrons. The van der Waals surface area contributed by atoms with Crippen LogP contribution in [0.25, 0.3) is 0 Å². The Kier molecular flexibility index (Phi) is 6.53. The molecule has 3 aliphatic rings. The Labute approximate surface area is 177 Å². The molecule has 0 saturated carbocycles. The predicted octanol–water partition coefficient (Wildman–Crippen LogP) is 1.29. The van der Waals surface area contributed by atoms with Crippen LogP contribution >= 0.6 is 11.8 Å². The van der Waals surface area contributed by atoms with E-state index >= 15 is 0 Å². The minimum atomic E-state index is -0.526. The molecule has 8 heteroatoms. The van der Waals surface area contributed by atoms with E-state index in [0.29, 0.717) is 6.54 Å². The van der Waals surface area contributed by atoms with Crippen LogP contribution in [0.1, 0.15) is 59.3 Å². The molecule has 5 atom stereocenters. The van der Waals surface area contributed by atoms with Gasteiger partial charge in [-0.1, -0.05) is 12.8 Å². The van der Waals surface area contributed by atoms with Gasteiger partial charge in [-0.25, -0.2) is 0 Å². The molecule has 0 aromatic rings. The summed E-state index contributed by atoms with van der Waals surface area (Å²) < 4.78 is -0.501. The van der Waals surface area contributed by atoms with Crippen molar-refractivity contribution >= 4 is 29.5 Å². The minimum Gasteiger partial charge on any atom is -0.396 e. The molecule has 1 spiro atoms. The number of hydrogen-bond acceptors (Lipinski definition) is 5. The van der Waals surface area contributed by atoms with Crippen LogP contribution in [0.4, 0.5) is 0 Å². The maximum Gasteiger partial charge on any atom is 0.244 e. The standard InChI is InChI=1S/C21H35N3O4S/c1-20(2,3)23-18(27)16-21-10-9-13(29-21)14(17(26)22-4)15(21)19(28)24(16)11-7-5-6-8-12-25/h13-16,25H,5-12H2,1-4H3,(H,22,26)(H,23,27)/t13-,14+,15+,16?,21?/m1/s1. The van der Waals surface area contributed by atoms with Gasteiger partial charge in [-0.3, -0.25) is 14.4 Å². The van der Waals surface area contributed by atoms with Crippen LogP contribution in [-0.2, 0) is 14.4 Å². The number of carbonyl (C=O) groups is 3. The van der Waals surface area contributed by atoms with Crippen molar-refractivity contribution in [3.05, 3.63) is 0 Å². The van der Waals surface area contributed by atoms with Crippen molar-refractivity contribution < 1.29 is 19.5 Å². The second-order valence-corrected chi connectivity index (χ2v) is 11.2. The number of amides is 3. The van der Waals surface area contributed by atoms with E-state index in [-0.39, 0.29) is 41.0 Å². The van der Waals surface area contributed by atoms with Crippen molar-refractivity contribution in [3.8, 4) is 0 Å². The zero-order valence-electron chi connectivity index (χ0n) is 18.0. The van der Waals surface area contributed by atoms with E-state index in [1.165, 1.54) is 0 Å². The van der Waals surface area contributed by atoms with Gasteiger partial charge in [-0.2, -0.15) is 0 Å². The highest BCUT2D eigenvalue weighted by atomic mass is 32.2. The molecule has 7 nitrogen and oxygen atoms in total. The molecule has 29 heavy (non-hydrogen) atoms. The first kappa shape index (κ1) is 22.4. The Hall–Kier alpha value is -1.28. The zero-order chi connectivity index (χ0) is 21.4. The van der Waals surface area contributed by atoms with E-state index in [0.717, 1.165) is 38.5 Å². The van der Waals surface area contributed by atoms with Gasteiger partial charge >= 0.3 is 0 Å². The maximum atomic E-state index is 13.5. The number of hydrogen-bond donors (Lipinski definition) is 3. The topological polar surface area (TPSA) is 98.7 Å². The third-order valence-electron chi connectivity index (χ3n) is 6.40. The third-order valence-corrected chi connectivity index (χ3v) is 8.35. The van der Waals surface area contributed by atoms with Crippen molar-refractivity contribution in [2.45, 2.75) is 80.9 Å². The molecule has 0 aromatic heterocycles. The fourth-order valence-electron chi connectivity index (χ4n) is 5.35. The molecule has 3 N–H and O–H groups in total. The van der Waals surface area contributed by atoms with Crippen LogP contribution in [0.15, 0.2) is 0 Å². The number of thioether (sulfide) groups is 1. The summed E-state index contributed by atoms with van der Waals surface area (Å²) in [6.45, 7) is 6.54. The van der Waals surface area contributed by atoms with Gasteiger partial charge < -0.3 is 20.6 Å². The molecule has 3 amide bonds. The van der Waals surface area contributed by atoms with E-state index in [1.807, 2.05) is 20.8 Å². The largest absolute Gasteiger partial charge is 0.396 e. The van der Waals surface area contributed by atoms with E-state index in [4.69, 9.17) is 5.11 Å². The summed E-state index contributed by atoms with van der Waals surface area (Å²) in [5.41, 5.74) is -0.386. The Morgan fingerprint density at radius 2 is 1.90 bits per heavy atom. The second-order valence-electron chi connectivity index (χ2n) is 9.58. The molecule has 3 heterocycles. The molecule has 164 valence electrons. The molecule has 2 unspecified atom stereocenters. The number of carbonyl (C=O) groups excluding carboxylic acids is 3. The first-order chi connectivity index (χ1) is 13.7. The van der Waals surface area contributed by atoms with Crippen LogP contribution < -0.4 is 10.6 Å². The lowest BCUT2D eigenvalue weighted by Gasteiger charge is -2.36. The third kappa shape index (κ3) is 4.02. The normalized spacial score (nSPS) is 33.1. The minimum absolute atomic E-state index is 0.0375. The highest BCUT2D eigenvalue weighted by molar-refractivity contribution is 8.02. The highest BCUT2D eigenvalue weighted by Gasteiger charge is 2.73. The molecule has 3 rings (SSSR count). The van der Waals surface area contributed by atoms with Gasteiger partial charge in [0.1, 0.15) is 6.04 Å². The highest BCUT2D eigenvalue weighted by Crippen LogP contribution is 2.66. The van der Waals surface area contributed by atoms with Crippen LogP contribution in [0.2, 0.25) is 0 Å². The molecule has 3 aliphatic heterocycles. The van der Waals surface area contributed by atoms with Crippen molar-refractivity contribution in [1.29, 1.82) is 0 Å². The van der Waals surface area contributed by atoms with Crippen molar-refractivity contribution in [2.75, 3.05) is 20.2 Å². The van der Waals surface area contributed by atoms with Crippen LogP contribution in [0.3, 0.4) is 0 Å². The fourth-order valence-corrected chi connectivity index (χ4v) is 7.57. The number of aliphatic hydroxyl groups excluding tert-OH is 1. The monoisotopic (exact) mass is 425 g/mol. The van der Waals surface area contributed by atoms with E-state index in [9.17, 15) is 14.4 Å². The summed E-state index contributed by atoms with van der Waals surface area (Å²) in [5, 5.41) is 14.9. The fraction of sp³-hybridized carbons (Fsp3) is 0.857. The van der Waals surface area contributed by atoms with Crippen molar-refractivity contribution in [1.82, 2.24) is 15.5 Å². The van der Waals surface area contributed by atoms with Crippen molar-refractivity contribution in [2.24, 2.45) is 11.8 Å². The first-order valence-electron chi connectivity index (χ1n) is 10.8. The number of unbranched alkanes of at least 4 members (excludes halogenated alkanes) is 3. The molecule has 2 bridgehead atoms. The molecule has 0 aromatic carbocycles. The molecule has 3 saturated heterocycles. The van der Waals surface area contributed by atoms with Crippen LogP contribution in [0.5, 0.6) is 0 Å². The van der Waals surface area contributed by atoms with Gasteiger partial charge in [0, 0.05) is 31.0 Å². The van der Waals surface area contributed by atoms with Gasteiger partial charge in [0.2, 0.25) is 17.7 Å². The smallest absolute Gasteiger partial charge is 0.244 e. The van der Waals surface area contributed by atoms with Gasteiger partial charge in [-0.05, 0) is 46.5 Å². The Morgan fingerprint density at radius 3 is 2.52 bits per heavy atom. The lowest BCUT2D eigenvalue weighted by Crippen LogP contribution is -2.57. The lowest BCUT2D eigenvalue weighted by atomic mass is 9.70. The van der Waals surface area contributed by atoms with Gasteiger partial charge in [0.05, 0.1) is 16.6 Å². The summed E-state index contributed by atoms with van der Waals surface area (Å²) in [6.07, 6.45) is 5.04.